The van der Waals surface area contributed by atoms with Crippen LogP contribution >= 0.6 is 0 Å². The Morgan fingerprint density at radius 2 is 1.91 bits per heavy atom. The van der Waals surface area contributed by atoms with Gasteiger partial charge in [-0.15, -0.1) is 0 Å². The lowest BCUT2D eigenvalue weighted by molar-refractivity contribution is -0.132. The number of benzene rings is 1. The zero-order chi connectivity index (χ0) is 23.2. The minimum atomic E-state index is -0.318. The molecule has 1 N–H and O–H groups in total. The Hall–Kier alpha value is -3.61. The van der Waals surface area contributed by atoms with Gasteiger partial charge in [0.05, 0.1) is 6.42 Å². The molecule has 1 aromatic carbocycles. The van der Waals surface area contributed by atoms with Crippen LogP contribution < -0.4 is 5.56 Å². The summed E-state index contributed by atoms with van der Waals surface area (Å²) in [6, 6.07) is 12.6. The van der Waals surface area contributed by atoms with Gasteiger partial charge >= 0.3 is 0 Å². The lowest BCUT2D eigenvalue weighted by atomic mass is 9.99. The Bertz CT molecular complexity index is 1180. The van der Waals surface area contributed by atoms with Gasteiger partial charge in [-0.1, -0.05) is 43.2 Å². The topological polar surface area (TPSA) is 96.0 Å². The molecule has 0 radical (unpaired) electrons. The molecule has 0 saturated carbocycles. The molecular formula is C26H28N4O3. The number of carbonyl (C=O) groups is 2. The summed E-state index contributed by atoms with van der Waals surface area (Å²) in [5.41, 5.74) is 1.95. The lowest BCUT2D eigenvalue weighted by Crippen LogP contribution is -2.42. The van der Waals surface area contributed by atoms with Crippen molar-refractivity contribution >= 4 is 11.7 Å². The number of Topliss-reactive ketones (excluding diaryl/α,β-unsaturated/α-hetero) is 1. The molecule has 0 bridgehead atoms. The molecule has 7 nitrogen and oxygen atoms in total. The first-order chi connectivity index (χ1) is 16.0. The van der Waals surface area contributed by atoms with Crippen molar-refractivity contribution in [3.63, 3.8) is 0 Å². The number of hydrogen-bond donors (Lipinski definition) is 1. The summed E-state index contributed by atoms with van der Waals surface area (Å²) in [4.78, 5) is 52.1. The number of aromatic nitrogens is 3. The zero-order valence-corrected chi connectivity index (χ0v) is 18.8. The minimum absolute atomic E-state index is 0.0302. The molecule has 33 heavy (non-hydrogen) atoms. The van der Waals surface area contributed by atoms with E-state index < -0.39 is 0 Å². The van der Waals surface area contributed by atoms with Gasteiger partial charge in [-0.2, -0.15) is 0 Å². The van der Waals surface area contributed by atoms with Crippen molar-refractivity contribution in [3.8, 4) is 11.4 Å². The quantitative estimate of drug-likeness (QED) is 0.585. The minimum Gasteiger partial charge on any atom is -0.339 e. The highest BCUT2D eigenvalue weighted by Crippen LogP contribution is 2.22. The Kier molecular flexibility index (Phi) is 7.07. The average molecular weight is 445 g/mol. The number of nitrogens with one attached hydrogen (secondary N) is 1. The van der Waals surface area contributed by atoms with E-state index >= 15 is 0 Å². The van der Waals surface area contributed by atoms with Gasteiger partial charge in [0, 0.05) is 53.8 Å². The number of likely N-dealkylation sites (tertiary alicyclic amines) is 1. The number of aryl methyl sites for hydroxylation is 1. The predicted molar refractivity (Wildman–Crippen MR) is 126 cm³/mol. The van der Waals surface area contributed by atoms with E-state index in [0.717, 1.165) is 25.7 Å². The predicted octanol–water partition coefficient (Wildman–Crippen LogP) is 3.73. The summed E-state index contributed by atoms with van der Waals surface area (Å²) in [6.45, 7) is 2.35. The van der Waals surface area contributed by atoms with Crippen molar-refractivity contribution in [1.29, 1.82) is 0 Å². The van der Waals surface area contributed by atoms with Crippen molar-refractivity contribution in [2.75, 3.05) is 6.54 Å². The van der Waals surface area contributed by atoms with Crippen LogP contribution in [-0.4, -0.2) is 44.1 Å². The molecule has 1 saturated heterocycles. The first-order valence-corrected chi connectivity index (χ1v) is 11.4. The molecule has 1 atom stereocenters. The van der Waals surface area contributed by atoms with Gasteiger partial charge in [0.15, 0.2) is 5.78 Å². The summed E-state index contributed by atoms with van der Waals surface area (Å²) >= 11 is 0. The van der Waals surface area contributed by atoms with Gasteiger partial charge in [-0.3, -0.25) is 19.4 Å². The third kappa shape index (κ3) is 5.42. The molecule has 3 heterocycles. The highest BCUT2D eigenvalue weighted by atomic mass is 16.2. The summed E-state index contributed by atoms with van der Waals surface area (Å²) < 4.78 is 0. The van der Waals surface area contributed by atoms with Crippen molar-refractivity contribution in [2.45, 2.75) is 51.5 Å². The van der Waals surface area contributed by atoms with Crippen molar-refractivity contribution in [3.05, 3.63) is 82.0 Å². The molecule has 0 spiro atoms. The first kappa shape index (κ1) is 22.6. The van der Waals surface area contributed by atoms with Crippen LogP contribution in [0.4, 0.5) is 0 Å². The number of nitrogens with zero attached hydrogens (tertiary/aromatic N) is 3. The van der Waals surface area contributed by atoms with Crippen molar-refractivity contribution in [1.82, 2.24) is 19.9 Å². The molecule has 7 heteroatoms. The molecule has 1 aliphatic rings. The van der Waals surface area contributed by atoms with E-state index in [1.807, 2.05) is 41.3 Å². The Balaban J connectivity index is 1.53. The van der Waals surface area contributed by atoms with E-state index in [1.165, 1.54) is 0 Å². The van der Waals surface area contributed by atoms with Crippen LogP contribution in [0, 0.1) is 6.92 Å². The Morgan fingerprint density at radius 1 is 1.09 bits per heavy atom. The molecule has 170 valence electrons. The van der Waals surface area contributed by atoms with Crippen molar-refractivity contribution < 1.29 is 9.59 Å². The van der Waals surface area contributed by atoms with E-state index in [9.17, 15) is 14.4 Å². The fourth-order valence-corrected chi connectivity index (χ4v) is 4.38. The average Bonchev–Trinajstić information content (AvgIpc) is 3.07. The SMILES string of the molecule is Cc1nc(-c2cccnc2)[nH]c(=O)c1CC(=O)N1CCCCC[C@@H]1CC(=O)c1ccccc1. The molecule has 1 aliphatic heterocycles. The van der Waals surface area contributed by atoms with Gasteiger partial charge in [0.25, 0.3) is 5.56 Å². The maximum Gasteiger partial charge on any atom is 0.255 e. The van der Waals surface area contributed by atoms with Crippen LogP contribution in [-0.2, 0) is 11.2 Å². The lowest BCUT2D eigenvalue weighted by Gasteiger charge is -2.30. The molecule has 2 aromatic heterocycles. The summed E-state index contributed by atoms with van der Waals surface area (Å²) in [5, 5.41) is 0. The largest absolute Gasteiger partial charge is 0.339 e. The third-order valence-electron chi connectivity index (χ3n) is 6.20. The first-order valence-electron chi connectivity index (χ1n) is 11.4. The molecule has 1 amide bonds. The number of rotatable bonds is 6. The van der Waals surface area contributed by atoms with Gasteiger partial charge < -0.3 is 9.88 Å². The van der Waals surface area contributed by atoms with Crippen LogP contribution in [0.15, 0.2) is 59.7 Å². The standard InChI is InChI=1S/C26H28N4O3/c1-18-22(26(33)29-25(28-18)20-11-8-13-27-17-20)16-24(32)30-14-7-3-6-12-21(30)15-23(31)19-9-4-2-5-10-19/h2,4-5,8-11,13,17,21H,3,6-7,12,14-16H2,1H3,(H,28,29,33)/t21-/m1/s1. The molecule has 4 rings (SSSR count). The highest BCUT2D eigenvalue weighted by Gasteiger charge is 2.28. The van der Waals surface area contributed by atoms with Crippen LogP contribution in [0.3, 0.4) is 0 Å². The molecule has 0 aliphatic carbocycles. The van der Waals surface area contributed by atoms with Gasteiger partial charge in [0.2, 0.25) is 5.91 Å². The highest BCUT2D eigenvalue weighted by molar-refractivity contribution is 5.96. The van der Waals surface area contributed by atoms with Crippen LogP contribution in [0.25, 0.3) is 11.4 Å². The van der Waals surface area contributed by atoms with Gasteiger partial charge in [0.1, 0.15) is 5.82 Å². The molecular weight excluding hydrogens is 416 g/mol. The van der Waals surface area contributed by atoms with Gasteiger partial charge in [-0.25, -0.2) is 4.98 Å². The second kappa shape index (κ2) is 10.3. The maximum absolute atomic E-state index is 13.3. The number of pyridine rings is 1. The van der Waals surface area contributed by atoms with E-state index in [0.29, 0.717) is 41.2 Å². The fourth-order valence-electron chi connectivity index (χ4n) is 4.38. The number of ketones is 1. The van der Waals surface area contributed by atoms with Gasteiger partial charge in [-0.05, 0) is 31.9 Å². The smallest absolute Gasteiger partial charge is 0.255 e. The summed E-state index contributed by atoms with van der Waals surface area (Å²) in [5.74, 6) is 0.340. The normalized spacial score (nSPS) is 16.3. The monoisotopic (exact) mass is 444 g/mol. The van der Waals surface area contributed by atoms with Crippen LogP contribution in [0.5, 0.6) is 0 Å². The maximum atomic E-state index is 13.3. The Morgan fingerprint density at radius 3 is 2.64 bits per heavy atom. The second-order valence-corrected chi connectivity index (χ2v) is 8.48. The number of hydrogen-bond acceptors (Lipinski definition) is 5. The fraction of sp³-hybridized carbons (Fsp3) is 0.346. The van der Waals surface area contributed by atoms with Crippen molar-refractivity contribution in [2.24, 2.45) is 0 Å². The zero-order valence-electron chi connectivity index (χ0n) is 18.8. The number of aromatic amines is 1. The van der Waals surface area contributed by atoms with E-state index in [4.69, 9.17) is 0 Å². The number of amides is 1. The molecule has 1 fully saturated rings. The summed E-state index contributed by atoms with van der Waals surface area (Å²) in [6.07, 6.45) is 7.25. The number of carbonyl (C=O) groups excluding carboxylic acids is 2. The van der Waals surface area contributed by atoms with Crippen LogP contribution in [0.2, 0.25) is 0 Å². The molecule has 0 unspecified atom stereocenters. The second-order valence-electron chi connectivity index (χ2n) is 8.48. The summed E-state index contributed by atoms with van der Waals surface area (Å²) in [7, 11) is 0. The third-order valence-corrected chi connectivity index (χ3v) is 6.20. The number of H-pyrrole nitrogens is 1. The van der Waals surface area contributed by atoms with E-state index in [-0.39, 0.29) is 29.7 Å². The Labute approximate surface area is 192 Å². The molecule has 3 aromatic rings. The van der Waals surface area contributed by atoms with E-state index in [1.54, 1.807) is 25.4 Å². The van der Waals surface area contributed by atoms with Crippen LogP contribution in [0.1, 0.15) is 53.7 Å². The van der Waals surface area contributed by atoms with E-state index in [2.05, 4.69) is 15.0 Å².